The molecule has 0 spiro atoms. The molecule has 0 N–H and O–H groups in total. The van der Waals surface area contributed by atoms with Gasteiger partial charge in [-0.25, -0.2) is 0 Å². The second-order valence-corrected chi connectivity index (χ2v) is 4.18. The summed E-state index contributed by atoms with van der Waals surface area (Å²) < 4.78 is 6.52. The SMILES string of the molecule is N#CCCCOc1ccc(Br)cc1CCl. The number of alkyl halides is 1. The van der Waals surface area contributed by atoms with Crippen molar-refractivity contribution in [1.29, 1.82) is 5.26 Å². The van der Waals surface area contributed by atoms with Crippen LogP contribution >= 0.6 is 27.5 Å². The van der Waals surface area contributed by atoms with Gasteiger partial charge in [0.1, 0.15) is 5.75 Å². The van der Waals surface area contributed by atoms with Gasteiger partial charge in [-0.1, -0.05) is 15.9 Å². The normalized spacial score (nSPS) is 9.67. The van der Waals surface area contributed by atoms with Gasteiger partial charge in [0.15, 0.2) is 0 Å². The summed E-state index contributed by atoms with van der Waals surface area (Å²) in [6.07, 6.45) is 1.26. The van der Waals surface area contributed by atoms with Crippen LogP contribution in [0.15, 0.2) is 22.7 Å². The third kappa shape index (κ3) is 4.11. The standard InChI is InChI=1S/C11H11BrClNO/c12-10-3-4-11(9(7-10)8-13)15-6-2-1-5-14/h3-4,7H,1-2,6,8H2. The molecule has 0 atom stereocenters. The maximum atomic E-state index is 8.37. The lowest BCUT2D eigenvalue weighted by Crippen LogP contribution is -1.99. The van der Waals surface area contributed by atoms with Gasteiger partial charge in [-0.2, -0.15) is 5.26 Å². The van der Waals surface area contributed by atoms with Gasteiger partial charge in [-0.3, -0.25) is 0 Å². The number of rotatable bonds is 5. The zero-order valence-corrected chi connectivity index (χ0v) is 10.5. The van der Waals surface area contributed by atoms with Crippen LogP contribution in [0.1, 0.15) is 18.4 Å². The van der Waals surface area contributed by atoms with Crippen molar-refractivity contribution in [3.63, 3.8) is 0 Å². The second-order valence-electron chi connectivity index (χ2n) is 3.00. The average molecular weight is 289 g/mol. The van der Waals surface area contributed by atoms with Gasteiger partial charge >= 0.3 is 0 Å². The lowest BCUT2D eigenvalue weighted by molar-refractivity contribution is 0.310. The predicted molar refractivity (Wildman–Crippen MR) is 64.0 cm³/mol. The topological polar surface area (TPSA) is 33.0 Å². The number of hydrogen-bond donors (Lipinski definition) is 0. The van der Waals surface area contributed by atoms with E-state index in [0.717, 1.165) is 22.2 Å². The lowest BCUT2D eigenvalue weighted by Gasteiger charge is -2.09. The highest BCUT2D eigenvalue weighted by atomic mass is 79.9. The third-order valence-electron chi connectivity index (χ3n) is 1.86. The molecule has 0 aliphatic carbocycles. The van der Waals surface area contributed by atoms with Crippen molar-refractivity contribution in [3.8, 4) is 11.8 Å². The summed E-state index contributed by atoms with van der Waals surface area (Å²) in [7, 11) is 0. The van der Waals surface area contributed by atoms with Crippen LogP contribution in [-0.2, 0) is 5.88 Å². The molecule has 1 aromatic carbocycles. The molecule has 0 radical (unpaired) electrons. The number of hydrogen-bond acceptors (Lipinski definition) is 2. The number of halogens is 2. The smallest absolute Gasteiger partial charge is 0.123 e. The Bertz CT molecular complexity index is 362. The summed E-state index contributed by atoms with van der Waals surface area (Å²) in [4.78, 5) is 0. The van der Waals surface area contributed by atoms with E-state index in [4.69, 9.17) is 21.6 Å². The Balaban J connectivity index is 2.57. The molecule has 0 saturated heterocycles. The quantitative estimate of drug-likeness (QED) is 0.608. The molecule has 0 fully saturated rings. The fourth-order valence-electron chi connectivity index (χ4n) is 1.13. The van der Waals surface area contributed by atoms with Gasteiger partial charge in [0.05, 0.1) is 18.6 Å². The van der Waals surface area contributed by atoms with Gasteiger partial charge in [0.2, 0.25) is 0 Å². The van der Waals surface area contributed by atoms with Crippen LogP contribution in [0, 0.1) is 11.3 Å². The molecule has 0 aliphatic heterocycles. The minimum Gasteiger partial charge on any atom is -0.493 e. The van der Waals surface area contributed by atoms with Crippen molar-refractivity contribution in [2.75, 3.05) is 6.61 Å². The van der Waals surface area contributed by atoms with E-state index in [1.807, 2.05) is 18.2 Å². The summed E-state index contributed by atoms with van der Waals surface area (Å²) in [5.41, 5.74) is 0.961. The van der Waals surface area contributed by atoms with Crippen LogP contribution in [0.5, 0.6) is 5.75 Å². The molecule has 80 valence electrons. The minimum atomic E-state index is 0.424. The van der Waals surface area contributed by atoms with Crippen molar-refractivity contribution >= 4 is 27.5 Å². The summed E-state index contributed by atoms with van der Waals surface area (Å²) in [6, 6.07) is 7.81. The average Bonchev–Trinajstić information content (AvgIpc) is 2.26. The van der Waals surface area contributed by atoms with Crippen LogP contribution in [-0.4, -0.2) is 6.61 Å². The summed E-state index contributed by atoms with van der Waals surface area (Å²) >= 11 is 9.16. The Labute approximate surface area is 103 Å². The van der Waals surface area contributed by atoms with Crippen molar-refractivity contribution < 1.29 is 4.74 Å². The molecule has 0 saturated carbocycles. The molecule has 0 heterocycles. The van der Waals surface area contributed by atoms with Crippen molar-refractivity contribution in [1.82, 2.24) is 0 Å². The van der Waals surface area contributed by atoms with E-state index in [2.05, 4.69) is 22.0 Å². The molecule has 1 aromatic rings. The second kappa shape index (κ2) is 6.71. The number of unbranched alkanes of at least 4 members (excludes halogenated alkanes) is 1. The summed E-state index contributed by atoms with van der Waals surface area (Å²) in [5.74, 6) is 1.22. The first-order valence-corrected chi connectivity index (χ1v) is 5.95. The molecule has 0 aromatic heterocycles. The molecular weight excluding hydrogens is 277 g/mol. The maximum Gasteiger partial charge on any atom is 0.123 e. The zero-order chi connectivity index (χ0) is 11.1. The fourth-order valence-corrected chi connectivity index (χ4v) is 1.74. The van der Waals surface area contributed by atoms with Crippen LogP contribution in [0.2, 0.25) is 0 Å². The number of ether oxygens (including phenoxy) is 1. The van der Waals surface area contributed by atoms with Gasteiger partial charge < -0.3 is 4.74 Å². The Morgan fingerprint density at radius 2 is 2.27 bits per heavy atom. The predicted octanol–water partition coefficient (Wildman–Crippen LogP) is 3.87. The van der Waals surface area contributed by atoms with Crippen molar-refractivity contribution in [2.45, 2.75) is 18.7 Å². The molecule has 15 heavy (non-hydrogen) atoms. The maximum absolute atomic E-state index is 8.37. The van der Waals surface area contributed by atoms with Gasteiger partial charge in [-0.15, -0.1) is 11.6 Å². The molecule has 0 aliphatic rings. The highest BCUT2D eigenvalue weighted by Crippen LogP contribution is 2.24. The molecule has 1 rings (SSSR count). The monoisotopic (exact) mass is 287 g/mol. The molecular formula is C11H11BrClNO. The zero-order valence-electron chi connectivity index (χ0n) is 8.17. The van der Waals surface area contributed by atoms with E-state index < -0.39 is 0 Å². The highest BCUT2D eigenvalue weighted by molar-refractivity contribution is 9.10. The minimum absolute atomic E-state index is 0.424. The lowest BCUT2D eigenvalue weighted by atomic mass is 10.2. The van der Waals surface area contributed by atoms with Gasteiger partial charge in [-0.05, 0) is 24.6 Å². The summed E-state index contributed by atoms with van der Waals surface area (Å²) in [5, 5.41) is 8.37. The first-order chi connectivity index (χ1) is 7.27. The van der Waals surface area contributed by atoms with E-state index >= 15 is 0 Å². The molecule has 0 bridgehead atoms. The van der Waals surface area contributed by atoms with Crippen LogP contribution < -0.4 is 4.74 Å². The Morgan fingerprint density at radius 1 is 1.47 bits per heavy atom. The Kier molecular flexibility index (Phi) is 5.52. The fraction of sp³-hybridized carbons (Fsp3) is 0.364. The number of nitriles is 1. The van der Waals surface area contributed by atoms with E-state index in [-0.39, 0.29) is 0 Å². The van der Waals surface area contributed by atoms with Gasteiger partial charge in [0, 0.05) is 16.5 Å². The Hall–Kier alpha value is -0.720. The molecule has 4 heteroatoms. The number of benzene rings is 1. The van der Waals surface area contributed by atoms with E-state index in [9.17, 15) is 0 Å². The molecule has 0 amide bonds. The number of nitrogens with zero attached hydrogens (tertiary/aromatic N) is 1. The van der Waals surface area contributed by atoms with E-state index in [1.54, 1.807) is 0 Å². The highest BCUT2D eigenvalue weighted by Gasteiger charge is 2.03. The van der Waals surface area contributed by atoms with Crippen molar-refractivity contribution in [2.24, 2.45) is 0 Å². The summed E-state index contributed by atoms with van der Waals surface area (Å²) in [6.45, 7) is 0.555. The largest absolute Gasteiger partial charge is 0.493 e. The first-order valence-electron chi connectivity index (χ1n) is 4.62. The molecule has 2 nitrogen and oxygen atoms in total. The van der Waals surface area contributed by atoms with Crippen molar-refractivity contribution in [3.05, 3.63) is 28.2 Å². The van der Waals surface area contributed by atoms with E-state index in [0.29, 0.717) is 18.9 Å². The third-order valence-corrected chi connectivity index (χ3v) is 2.64. The molecule has 0 unspecified atom stereocenters. The van der Waals surface area contributed by atoms with Crippen LogP contribution in [0.25, 0.3) is 0 Å². The van der Waals surface area contributed by atoms with Gasteiger partial charge in [0.25, 0.3) is 0 Å². The first kappa shape index (κ1) is 12.4. The van der Waals surface area contributed by atoms with E-state index in [1.165, 1.54) is 0 Å². The van der Waals surface area contributed by atoms with Crippen LogP contribution in [0.3, 0.4) is 0 Å². The van der Waals surface area contributed by atoms with Crippen LogP contribution in [0.4, 0.5) is 0 Å². The Morgan fingerprint density at radius 3 is 2.93 bits per heavy atom.